The lowest BCUT2D eigenvalue weighted by Crippen LogP contribution is -2.37. The van der Waals surface area contributed by atoms with Crippen LogP contribution in [0.5, 0.6) is 0 Å². The van der Waals surface area contributed by atoms with Gasteiger partial charge in [-0.2, -0.15) is 0 Å². The number of aryl methyl sites for hydroxylation is 1. The number of hydrogen-bond acceptors (Lipinski definition) is 2. The van der Waals surface area contributed by atoms with E-state index in [4.69, 9.17) is 0 Å². The zero-order valence-electron chi connectivity index (χ0n) is 11.4. The Labute approximate surface area is 109 Å². The maximum Gasteiger partial charge on any atom is 0.127 e. The van der Waals surface area contributed by atoms with E-state index in [0.717, 1.165) is 30.8 Å². The summed E-state index contributed by atoms with van der Waals surface area (Å²) in [5.41, 5.74) is 1.94. The van der Waals surface area contributed by atoms with Crippen LogP contribution in [0.3, 0.4) is 0 Å². The molecule has 0 aliphatic carbocycles. The molecule has 1 heterocycles. The smallest absolute Gasteiger partial charge is 0.127 e. The summed E-state index contributed by atoms with van der Waals surface area (Å²) in [5, 5.41) is 3.50. The minimum atomic E-state index is -0.0848. The molecule has 2 nitrogen and oxygen atoms in total. The van der Waals surface area contributed by atoms with Gasteiger partial charge in [-0.25, -0.2) is 4.39 Å². The normalized spacial score (nSPS) is 19.7. The fourth-order valence-electron chi connectivity index (χ4n) is 2.60. The lowest BCUT2D eigenvalue weighted by Gasteiger charge is -2.24. The summed E-state index contributed by atoms with van der Waals surface area (Å²) >= 11 is 0. The van der Waals surface area contributed by atoms with E-state index in [-0.39, 0.29) is 5.82 Å². The molecule has 0 spiro atoms. The highest BCUT2D eigenvalue weighted by Gasteiger charge is 2.17. The van der Waals surface area contributed by atoms with Crippen molar-refractivity contribution in [2.75, 3.05) is 19.6 Å². The van der Waals surface area contributed by atoms with Crippen molar-refractivity contribution in [3.8, 4) is 0 Å². The van der Waals surface area contributed by atoms with E-state index >= 15 is 0 Å². The minimum absolute atomic E-state index is 0.0848. The summed E-state index contributed by atoms with van der Waals surface area (Å²) in [6, 6.07) is 5.94. The average Bonchev–Trinajstić information content (AvgIpc) is 2.85. The van der Waals surface area contributed by atoms with Gasteiger partial charge in [-0.15, -0.1) is 0 Å². The van der Waals surface area contributed by atoms with Gasteiger partial charge in [-0.3, -0.25) is 4.90 Å². The quantitative estimate of drug-likeness (QED) is 0.864. The van der Waals surface area contributed by atoms with E-state index in [9.17, 15) is 4.39 Å². The van der Waals surface area contributed by atoms with Gasteiger partial charge in [-0.05, 0) is 38.9 Å². The van der Waals surface area contributed by atoms with Gasteiger partial charge in [0, 0.05) is 24.7 Å². The van der Waals surface area contributed by atoms with Gasteiger partial charge >= 0.3 is 0 Å². The van der Waals surface area contributed by atoms with Crippen molar-refractivity contribution >= 4 is 0 Å². The highest BCUT2D eigenvalue weighted by atomic mass is 19.1. The standard InChI is InChI=1S/C15H23FN2/c1-3-18(11-14-5-4-8-17-14)10-13-9-12(2)6-7-15(13)16/h6-7,9,14,17H,3-5,8,10-11H2,1-2H3. The summed E-state index contributed by atoms with van der Waals surface area (Å²) in [7, 11) is 0. The first-order chi connectivity index (χ1) is 8.69. The van der Waals surface area contributed by atoms with Gasteiger partial charge in [0.05, 0.1) is 0 Å². The molecule has 1 saturated heterocycles. The molecule has 100 valence electrons. The van der Waals surface area contributed by atoms with Crippen LogP contribution in [-0.2, 0) is 6.54 Å². The van der Waals surface area contributed by atoms with Crippen LogP contribution in [0.2, 0.25) is 0 Å². The first kappa shape index (κ1) is 13.5. The predicted octanol–water partition coefficient (Wildman–Crippen LogP) is 2.71. The second kappa shape index (κ2) is 6.30. The third-order valence-corrected chi connectivity index (χ3v) is 3.68. The molecule has 1 aromatic carbocycles. The Bertz CT molecular complexity index is 386. The first-order valence-electron chi connectivity index (χ1n) is 6.90. The zero-order valence-corrected chi connectivity index (χ0v) is 11.4. The van der Waals surface area contributed by atoms with E-state index in [1.165, 1.54) is 12.8 Å². The van der Waals surface area contributed by atoms with Crippen molar-refractivity contribution in [2.24, 2.45) is 0 Å². The number of likely N-dealkylation sites (N-methyl/N-ethyl adjacent to an activating group) is 1. The summed E-state index contributed by atoms with van der Waals surface area (Å²) in [6.45, 7) is 7.97. The molecule has 1 aliphatic heterocycles. The van der Waals surface area contributed by atoms with E-state index in [1.807, 2.05) is 19.1 Å². The minimum Gasteiger partial charge on any atom is -0.313 e. The highest BCUT2D eigenvalue weighted by molar-refractivity contribution is 5.24. The lowest BCUT2D eigenvalue weighted by atomic mass is 10.1. The molecule has 0 saturated carbocycles. The van der Waals surface area contributed by atoms with Crippen LogP contribution in [0.1, 0.15) is 30.9 Å². The molecular formula is C15H23FN2. The molecule has 2 rings (SSSR count). The molecule has 1 fully saturated rings. The zero-order chi connectivity index (χ0) is 13.0. The molecule has 1 aromatic rings. The Morgan fingerprint density at radius 1 is 1.44 bits per heavy atom. The molecular weight excluding hydrogens is 227 g/mol. The lowest BCUT2D eigenvalue weighted by molar-refractivity contribution is 0.250. The van der Waals surface area contributed by atoms with Crippen LogP contribution in [0, 0.1) is 12.7 Å². The topological polar surface area (TPSA) is 15.3 Å². The SMILES string of the molecule is CCN(Cc1cc(C)ccc1F)CC1CCCN1. The van der Waals surface area contributed by atoms with Gasteiger partial charge in [0.25, 0.3) is 0 Å². The number of benzene rings is 1. The van der Waals surface area contributed by atoms with Crippen LogP contribution in [0.15, 0.2) is 18.2 Å². The van der Waals surface area contributed by atoms with Crippen LogP contribution >= 0.6 is 0 Å². The van der Waals surface area contributed by atoms with E-state index in [0.29, 0.717) is 12.6 Å². The molecule has 0 radical (unpaired) electrons. The van der Waals surface area contributed by atoms with E-state index < -0.39 is 0 Å². The number of nitrogens with one attached hydrogen (secondary N) is 1. The molecule has 0 aromatic heterocycles. The summed E-state index contributed by atoms with van der Waals surface area (Å²) in [6.07, 6.45) is 2.51. The molecule has 18 heavy (non-hydrogen) atoms. The molecule has 0 bridgehead atoms. The Hall–Kier alpha value is -0.930. The molecule has 3 heteroatoms. The Morgan fingerprint density at radius 3 is 2.94 bits per heavy atom. The van der Waals surface area contributed by atoms with Crippen LogP contribution in [-0.4, -0.2) is 30.6 Å². The molecule has 1 aliphatic rings. The van der Waals surface area contributed by atoms with Gasteiger partial charge in [0.15, 0.2) is 0 Å². The largest absolute Gasteiger partial charge is 0.313 e. The fraction of sp³-hybridized carbons (Fsp3) is 0.600. The first-order valence-corrected chi connectivity index (χ1v) is 6.90. The number of nitrogens with zero attached hydrogens (tertiary/aromatic N) is 1. The van der Waals surface area contributed by atoms with Crippen LogP contribution < -0.4 is 5.32 Å². The summed E-state index contributed by atoms with van der Waals surface area (Å²) in [4.78, 5) is 2.32. The van der Waals surface area contributed by atoms with Gasteiger partial charge < -0.3 is 5.32 Å². The number of halogens is 1. The van der Waals surface area contributed by atoms with E-state index in [1.54, 1.807) is 6.07 Å². The highest BCUT2D eigenvalue weighted by Crippen LogP contribution is 2.14. The average molecular weight is 250 g/mol. The summed E-state index contributed by atoms with van der Waals surface area (Å²) in [5.74, 6) is -0.0848. The van der Waals surface area contributed by atoms with Crippen LogP contribution in [0.4, 0.5) is 4.39 Å². The molecule has 1 atom stereocenters. The van der Waals surface area contributed by atoms with Gasteiger partial charge in [0.2, 0.25) is 0 Å². The van der Waals surface area contributed by atoms with Crippen molar-refractivity contribution in [1.29, 1.82) is 0 Å². The monoisotopic (exact) mass is 250 g/mol. The third-order valence-electron chi connectivity index (χ3n) is 3.68. The third kappa shape index (κ3) is 3.53. The van der Waals surface area contributed by atoms with Crippen LogP contribution in [0.25, 0.3) is 0 Å². The van der Waals surface area contributed by atoms with Crippen molar-refractivity contribution in [3.05, 3.63) is 35.1 Å². The second-order valence-electron chi connectivity index (χ2n) is 5.22. The van der Waals surface area contributed by atoms with Crippen molar-refractivity contribution < 1.29 is 4.39 Å². The Morgan fingerprint density at radius 2 is 2.28 bits per heavy atom. The number of rotatable bonds is 5. The van der Waals surface area contributed by atoms with Gasteiger partial charge in [0.1, 0.15) is 5.82 Å². The second-order valence-corrected chi connectivity index (χ2v) is 5.22. The molecule has 0 amide bonds. The van der Waals surface area contributed by atoms with Crippen molar-refractivity contribution in [1.82, 2.24) is 10.2 Å². The van der Waals surface area contributed by atoms with Gasteiger partial charge in [-0.1, -0.05) is 24.6 Å². The van der Waals surface area contributed by atoms with E-state index in [2.05, 4.69) is 17.1 Å². The summed E-state index contributed by atoms with van der Waals surface area (Å²) < 4.78 is 13.7. The number of hydrogen-bond donors (Lipinski definition) is 1. The van der Waals surface area contributed by atoms with Crippen molar-refractivity contribution in [3.63, 3.8) is 0 Å². The molecule has 1 N–H and O–H groups in total. The maximum atomic E-state index is 13.7. The Balaban J connectivity index is 1.98. The fourth-order valence-corrected chi connectivity index (χ4v) is 2.60. The predicted molar refractivity (Wildman–Crippen MR) is 73.1 cm³/mol. The Kier molecular flexibility index (Phi) is 4.72. The molecule has 1 unspecified atom stereocenters. The van der Waals surface area contributed by atoms with Crippen molar-refractivity contribution in [2.45, 2.75) is 39.3 Å². The maximum absolute atomic E-state index is 13.7.